The van der Waals surface area contributed by atoms with Gasteiger partial charge in [-0.25, -0.2) is 0 Å². The molecule has 0 radical (unpaired) electrons. The van der Waals surface area contributed by atoms with Crippen LogP contribution in [0.3, 0.4) is 0 Å². The molecule has 0 aliphatic rings. The third kappa shape index (κ3) is 3.19. The van der Waals surface area contributed by atoms with Crippen LogP contribution in [0.15, 0.2) is 43.0 Å². The fraction of sp³-hybridized carbons (Fsp3) is 0.231. The van der Waals surface area contributed by atoms with Crippen molar-refractivity contribution in [2.75, 3.05) is 7.11 Å². The van der Waals surface area contributed by atoms with E-state index in [9.17, 15) is 8.78 Å². The van der Waals surface area contributed by atoms with Crippen molar-refractivity contribution in [3.63, 3.8) is 0 Å². The highest BCUT2D eigenvalue weighted by Crippen LogP contribution is 2.27. The van der Waals surface area contributed by atoms with Crippen LogP contribution < -0.4 is 4.74 Å². The van der Waals surface area contributed by atoms with Gasteiger partial charge < -0.3 is 4.74 Å². The highest BCUT2D eigenvalue weighted by Gasteiger charge is 2.08. The zero-order valence-electron chi connectivity index (χ0n) is 9.17. The normalized spacial score (nSPS) is 9.69. The number of rotatable bonds is 5. The van der Waals surface area contributed by atoms with Crippen LogP contribution in [0.1, 0.15) is 18.4 Å². The minimum atomic E-state index is -1.63. The van der Waals surface area contributed by atoms with Gasteiger partial charge in [0.2, 0.25) is 0 Å². The fourth-order valence-electron chi connectivity index (χ4n) is 1.39. The lowest BCUT2D eigenvalue weighted by atomic mass is 10.0. The third-order valence-corrected chi connectivity index (χ3v) is 2.27. The topological polar surface area (TPSA) is 9.23 Å². The maximum Gasteiger partial charge on any atom is 0.274 e. The van der Waals surface area contributed by atoms with Crippen LogP contribution in [0.5, 0.6) is 5.75 Å². The Hall–Kier alpha value is -1.64. The van der Waals surface area contributed by atoms with Gasteiger partial charge in [-0.05, 0) is 30.5 Å². The van der Waals surface area contributed by atoms with Crippen molar-refractivity contribution in [2.45, 2.75) is 12.8 Å². The van der Waals surface area contributed by atoms with E-state index in [0.717, 1.165) is 0 Å². The average molecular weight is 224 g/mol. The van der Waals surface area contributed by atoms with Gasteiger partial charge in [0.15, 0.2) is 0 Å². The fourth-order valence-corrected chi connectivity index (χ4v) is 1.39. The van der Waals surface area contributed by atoms with E-state index in [-0.39, 0.29) is 5.57 Å². The molecule has 0 fully saturated rings. The molecule has 1 aromatic rings. The molecule has 86 valence electrons. The Balaban J connectivity index is 2.94. The summed E-state index contributed by atoms with van der Waals surface area (Å²) in [5, 5.41) is 0. The minimum Gasteiger partial charge on any atom is -0.497 e. The molecule has 0 aliphatic carbocycles. The van der Waals surface area contributed by atoms with Gasteiger partial charge in [-0.1, -0.05) is 18.2 Å². The summed E-state index contributed by atoms with van der Waals surface area (Å²) in [6, 6.07) is 6.62. The van der Waals surface area contributed by atoms with Crippen molar-refractivity contribution in [1.82, 2.24) is 0 Å². The molecular formula is C13H14F2O. The van der Waals surface area contributed by atoms with E-state index in [1.807, 2.05) is 0 Å². The highest BCUT2D eigenvalue weighted by molar-refractivity contribution is 5.66. The van der Waals surface area contributed by atoms with Crippen molar-refractivity contribution in [1.29, 1.82) is 0 Å². The second kappa shape index (κ2) is 6.05. The lowest BCUT2D eigenvalue weighted by Gasteiger charge is -2.06. The van der Waals surface area contributed by atoms with Crippen LogP contribution in [-0.4, -0.2) is 7.11 Å². The molecule has 0 saturated carbocycles. The molecular weight excluding hydrogens is 210 g/mol. The summed E-state index contributed by atoms with van der Waals surface area (Å²) in [5.74, 6) is 0.658. The van der Waals surface area contributed by atoms with Gasteiger partial charge >= 0.3 is 0 Å². The molecule has 3 heteroatoms. The molecule has 0 bridgehead atoms. The van der Waals surface area contributed by atoms with E-state index in [2.05, 4.69) is 6.58 Å². The predicted octanol–water partition coefficient (Wildman–Crippen LogP) is 4.27. The maximum absolute atomic E-state index is 12.7. The Morgan fingerprint density at radius 2 is 1.94 bits per heavy atom. The van der Waals surface area contributed by atoms with Gasteiger partial charge in [-0.3, -0.25) is 0 Å². The summed E-state index contributed by atoms with van der Waals surface area (Å²) in [7, 11) is 1.54. The first-order chi connectivity index (χ1) is 7.69. The molecule has 0 amide bonds. The molecule has 0 aromatic heterocycles. The number of halogens is 2. The molecule has 1 aromatic carbocycles. The Morgan fingerprint density at radius 1 is 1.31 bits per heavy atom. The molecule has 0 atom stereocenters. The maximum atomic E-state index is 12.7. The first-order valence-corrected chi connectivity index (χ1v) is 4.98. The smallest absolute Gasteiger partial charge is 0.274 e. The van der Waals surface area contributed by atoms with Crippen LogP contribution in [0.2, 0.25) is 0 Å². The Labute approximate surface area is 94.1 Å². The van der Waals surface area contributed by atoms with Gasteiger partial charge in [0, 0.05) is 5.57 Å². The summed E-state index contributed by atoms with van der Waals surface area (Å²) in [5.41, 5.74) is 0.602. The second-order valence-electron chi connectivity index (χ2n) is 3.29. The lowest BCUT2D eigenvalue weighted by molar-refractivity contribution is 0.414. The van der Waals surface area contributed by atoms with Gasteiger partial charge in [-0.2, -0.15) is 8.78 Å². The summed E-state index contributed by atoms with van der Waals surface area (Å²) in [4.78, 5) is 0. The third-order valence-electron chi connectivity index (χ3n) is 2.27. The van der Waals surface area contributed by atoms with Gasteiger partial charge in [0.05, 0.1) is 7.11 Å². The lowest BCUT2D eigenvalue weighted by Crippen LogP contribution is -1.88. The van der Waals surface area contributed by atoms with Crippen LogP contribution in [0.4, 0.5) is 8.78 Å². The average Bonchev–Trinajstić information content (AvgIpc) is 2.30. The van der Waals surface area contributed by atoms with Crippen LogP contribution in [0.25, 0.3) is 5.57 Å². The van der Waals surface area contributed by atoms with Crippen molar-refractivity contribution in [2.24, 2.45) is 0 Å². The standard InChI is InChI=1S/C13H14F2O/c1-3-4-5-12(13(14)15)10-6-8-11(16-2)9-7-10/h3,6-9H,1,4-5H2,2H3. The Bertz CT molecular complexity index is 375. The first kappa shape index (κ1) is 12.4. The zero-order valence-corrected chi connectivity index (χ0v) is 9.17. The quantitative estimate of drug-likeness (QED) is 0.679. The van der Waals surface area contributed by atoms with E-state index in [1.54, 1.807) is 37.5 Å². The first-order valence-electron chi connectivity index (χ1n) is 4.98. The van der Waals surface area contributed by atoms with Crippen LogP contribution in [0, 0.1) is 0 Å². The van der Waals surface area contributed by atoms with Crippen LogP contribution in [-0.2, 0) is 0 Å². The van der Waals surface area contributed by atoms with Crippen molar-refractivity contribution in [3.8, 4) is 5.75 Å². The van der Waals surface area contributed by atoms with Crippen molar-refractivity contribution < 1.29 is 13.5 Å². The minimum absolute atomic E-state index is 0.0718. The molecule has 1 nitrogen and oxygen atoms in total. The molecule has 0 unspecified atom stereocenters. The predicted molar refractivity (Wildman–Crippen MR) is 61.6 cm³/mol. The molecule has 0 heterocycles. The molecule has 0 spiro atoms. The summed E-state index contributed by atoms with van der Waals surface area (Å²) in [6.07, 6.45) is 0.843. The van der Waals surface area contributed by atoms with Crippen LogP contribution >= 0.6 is 0 Å². The number of hydrogen-bond donors (Lipinski definition) is 0. The summed E-state index contributed by atoms with van der Waals surface area (Å²) >= 11 is 0. The van der Waals surface area contributed by atoms with E-state index >= 15 is 0 Å². The highest BCUT2D eigenvalue weighted by atomic mass is 19.3. The Kier molecular flexibility index (Phi) is 4.70. The van der Waals surface area contributed by atoms with E-state index in [4.69, 9.17) is 4.74 Å². The van der Waals surface area contributed by atoms with Crippen molar-refractivity contribution in [3.05, 3.63) is 48.6 Å². The SMILES string of the molecule is C=CCCC(=C(F)F)c1ccc(OC)cc1. The van der Waals surface area contributed by atoms with E-state index < -0.39 is 6.08 Å². The molecule has 1 rings (SSSR count). The molecule has 16 heavy (non-hydrogen) atoms. The number of allylic oxidation sites excluding steroid dienone is 2. The molecule has 0 saturated heterocycles. The van der Waals surface area contributed by atoms with Gasteiger partial charge in [0.25, 0.3) is 6.08 Å². The monoisotopic (exact) mass is 224 g/mol. The number of ether oxygens (including phenoxy) is 1. The molecule has 0 N–H and O–H groups in total. The summed E-state index contributed by atoms with van der Waals surface area (Å²) in [6.45, 7) is 3.53. The van der Waals surface area contributed by atoms with E-state index in [0.29, 0.717) is 24.2 Å². The largest absolute Gasteiger partial charge is 0.497 e. The molecule has 0 aliphatic heterocycles. The van der Waals surface area contributed by atoms with Gasteiger partial charge in [-0.15, -0.1) is 6.58 Å². The number of hydrogen-bond acceptors (Lipinski definition) is 1. The number of methoxy groups -OCH3 is 1. The van der Waals surface area contributed by atoms with Gasteiger partial charge in [0.1, 0.15) is 5.75 Å². The second-order valence-corrected chi connectivity index (χ2v) is 3.29. The number of benzene rings is 1. The van der Waals surface area contributed by atoms with E-state index in [1.165, 1.54) is 0 Å². The zero-order chi connectivity index (χ0) is 12.0. The Morgan fingerprint density at radius 3 is 2.38 bits per heavy atom. The van der Waals surface area contributed by atoms with Crippen molar-refractivity contribution >= 4 is 5.57 Å². The summed E-state index contributed by atoms with van der Waals surface area (Å²) < 4.78 is 30.4.